The van der Waals surface area contributed by atoms with Gasteiger partial charge in [-0.05, 0) is 6.07 Å². The zero-order valence-electron chi connectivity index (χ0n) is 9.99. The lowest BCUT2D eigenvalue weighted by molar-refractivity contribution is 0.179. The van der Waals surface area contributed by atoms with Gasteiger partial charge < -0.3 is 25.1 Å². The van der Waals surface area contributed by atoms with Crippen LogP contribution < -0.4 is 19.9 Å². The molecule has 17 heavy (non-hydrogen) atoms. The molecule has 1 atom stereocenters. The van der Waals surface area contributed by atoms with Crippen LogP contribution in [0.25, 0.3) is 0 Å². The van der Waals surface area contributed by atoms with E-state index in [0.29, 0.717) is 0 Å². The van der Waals surface area contributed by atoms with Gasteiger partial charge in [-0.15, -0.1) is 0 Å². The molecule has 0 heterocycles. The molecule has 1 aromatic carbocycles. The summed E-state index contributed by atoms with van der Waals surface area (Å²) in [5, 5.41) is 9.68. The smallest absolute Gasteiger partial charge is 0.211 e. The summed E-state index contributed by atoms with van der Waals surface area (Å²) < 4.78 is 28.8. The van der Waals surface area contributed by atoms with Crippen molar-refractivity contribution in [1.29, 1.82) is 0 Å². The summed E-state index contributed by atoms with van der Waals surface area (Å²) in [6.07, 6.45) is -1.03. The van der Waals surface area contributed by atoms with E-state index in [4.69, 9.17) is 19.9 Å². The highest BCUT2D eigenvalue weighted by molar-refractivity contribution is 5.53. The monoisotopic (exact) mass is 245 g/mol. The van der Waals surface area contributed by atoms with Gasteiger partial charge in [0.1, 0.15) is 0 Å². The van der Waals surface area contributed by atoms with E-state index < -0.39 is 11.9 Å². The Morgan fingerprint density at radius 1 is 1.24 bits per heavy atom. The fourth-order valence-electron chi connectivity index (χ4n) is 1.53. The molecule has 0 saturated heterocycles. The summed E-state index contributed by atoms with van der Waals surface area (Å²) in [6, 6.07) is 1.44. The molecule has 1 rings (SSSR count). The molecular weight excluding hydrogens is 229 g/mol. The number of rotatable bonds is 5. The van der Waals surface area contributed by atoms with Crippen LogP contribution in [0.3, 0.4) is 0 Å². The van der Waals surface area contributed by atoms with Crippen LogP contribution in [0.15, 0.2) is 6.07 Å². The largest absolute Gasteiger partial charge is 0.493 e. The van der Waals surface area contributed by atoms with Gasteiger partial charge in [0.25, 0.3) is 0 Å². The van der Waals surface area contributed by atoms with Gasteiger partial charge in [-0.3, -0.25) is 0 Å². The molecule has 0 fully saturated rings. The molecule has 0 radical (unpaired) electrons. The summed E-state index contributed by atoms with van der Waals surface area (Å²) in [6.45, 7) is -0.0503. The number of nitrogens with two attached hydrogens (primary N) is 1. The maximum atomic E-state index is 14.0. The molecule has 0 saturated carbocycles. The Kier molecular flexibility index (Phi) is 4.53. The molecule has 1 aromatic rings. The molecule has 0 amide bonds. The quantitative estimate of drug-likeness (QED) is 0.804. The van der Waals surface area contributed by atoms with Crippen LogP contribution in [0.5, 0.6) is 17.2 Å². The molecule has 5 nitrogen and oxygen atoms in total. The van der Waals surface area contributed by atoms with Gasteiger partial charge in [-0.25, -0.2) is 0 Å². The first-order valence-electron chi connectivity index (χ1n) is 4.97. The first-order valence-corrected chi connectivity index (χ1v) is 4.97. The van der Waals surface area contributed by atoms with Gasteiger partial charge >= 0.3 is 0 Å². The van der Waals surface area contributed by atoms with Gasteiger partial charge in [0.2, 0.25) is 11.6 Å². The number of halogens is 1. The number of benzene rings is 1. The molecule has 3 N–H and O–H groups in total. The van der Waals surface area contributed by atoms with Crippen molar-refractivity contribution in [3.8, 4) is 17.2 Å². The summed E-state index contributed by atoms with van der Waals surface area (Å²) in [5.74, 6) is -0.719. The molecule has 6 heteroatoms. The van der Waals surface area contributed by atoms with Crippen LogP contribution in [0.2, 0.25) is 0 Å². The van der Waals surface area contributed by atoms with E-state index in [2.05, 4.69) is 0 Å². The predicted molar refractivity (Wildman–Crippen MR) is 60.1 cm³/mol. The number of ether oxygens (including phenoxy) is 3. The van der Waals surface area contributed by atoms with E-state index >= 15 is 0 Å². The van der Waals surface area contributed by atoms with Crippen molar-refractivity contribution in [3.63, 3.8) is 0 Å². The Bertz CT molecular complexity index is 398. The fraction of sp³-hybridized carbons (Fsp3) is 0.455. The maximum Gasteiger partial charge on any atom is 0.211 e. The van der Waals surface area contributed by atoms with Crippen LogP contribution in [0.1, 0.15) is 11.7 Å². The van der Waals surface area contributed by atoms with Crippen molar-refractivity contribution in [2.75, 3.05) is 27.9 Å². The highest BCUT2D eigenvalue weighted by Crippen LogP contribution is 2.40. The number of hydrogen-bond acceptors (Lipinski definition) is 5. The van der Waals surface area contributed by atoms with Crippen LogP contribution in [-0.4, -0.2) is 33.0 Å². The van der Waals surface area contributed by atoms with E-state index in [1.807, 2.05) is 0 Å². The van der Waals surface area contributed by atoms with Crippen LogP contribution >= 0.6 is 0 Å². The predicted octanol–water partition coefficient (Wildman–Crippen LogP) is 0.844. The Labute approximate surface area is 98.9 Å². The third-order valence-corrected chi connectivity index (χ3v) is 2.38. The number of methoxy groups -OCH3 is 3. The van der Waals surface area contributed by atoms with Crippen LogP contribution in [0, 0.1) is 5.82 Å². The lowest BCUT2D eigenvalue weighted by Crippen LogP contribution is -2.14. The average Bonchev–Trinajstić information content (AvgIpc) is 2.36. The second-order valence-corrected chi connectivity index (χ2v) is 3.30. The zero-order chi connectivity index (χ0) is 13.0. The molecule has 1 unspecified atom stereocenters. The van der Waals surface area contributed by atoms with Crippen molar-refractivity contribution in [1.82, 2.24) is 0 Å². The van der Waals surface area contributed by atoms with Gasteiger partial charge in [0, 0.05) is 12.1 Å². The summed E-state index contributed by atoms with van der Waals surface area (Å²) in [7, 11) is 4.00. The molecule has 0 aliphatic carbocycles. The van der Waals surface area contributed by atoms with Gasteiger partial charge in [0.15, 0.2) is 11.5 Å². The number of hydrogen-bond donors (Lipinski definition) is 2. The lowest BCUT2D eigenvalue weighted by atomic mass is 10.1. The standard InChI is InChI=1S/C11H16FNO4/c1-15-8-4-6(7(14)5-13)10(16-2)9(12)11(8)17-3/h4,7,14H,5,13H2,1-3H3. The third-order valence-electron chi connectivity index (χ3n) is 2.38. The third kappa shape index (κ3) is 2.42. The average molecular weight is 245 g/mol. The fourth-order valence-corrected chi connectivity index (χ4v) is 1.53. The second kappa shape index (κ2) is 5.70. The molecule has 0 aromatic heterocycles. The van der Waals surface area contributed by atoms with Gasteiger partial charge in [0.05, 0.1) is 27.4 Å². The maximum absolute atomic E-state index is 14.0. The first-order chi connectivity index (χ1) is 8.10. The normalized spacial score (nSPS) is 12.1. The molecule has 0 aliphatic heterocycles. The van der Waals surface area contributed by atoms with E-state index in [-0.39, 0.29) is 29.4 Å². The molecule has 0 bridgehead atoms. The Morgan fingerprint density at radius 2 is 1.82 bits per heavy atom. The van der Waals surface area contributed by atoms with Crippen molar-refractivity contribution in [2.24, 2.45) is 5.73 Å². The lowest BCUT2D eigenvalue weighted by Gasteiger charge is -2.18. The Morgan fingerprint density at radius 3 is 2.24 bits per heavy atom. The highest BCUT2D eigenvalue weighted by Gasteiger charge is 2.23. The molecule has 96 valence electrons. The molecular formula is C11H16FNO4. The van der Waals surface area contributed by atoms with Crippen LogP contribution in [0.4, 0.5) is 4.39 Å². The SMILES string of the molecule is COc1cc(C(O)CN)c(OC)c(F)c1OC. The minimum absolute atomic E-state index is 0.0503. The summed E-state index contributed by atoms with van der Waals surface area (Å²) in [4.78, 5) is 0. The molecule has 0 spiro atoms. The minimum Gasteiger partial charge on any atom is -0.493 e. The van der Waals surface area contributed by atoms with Crippen LogP contribution in [-0.2, 0) is 0 Å². The Balaban J connectivity index is 3.45. The van der Waals surface area contributed by atoms with Gasteiger partial charge in [-0.2, -0.15) is 4.39 Å². The molecule has 0 aliphatic rings. The second-order valence-electron chi connectivity index (χ2n) is 3.30. The van der Waals surface area contributed by atoms with Gasteiger partial charge in [-0.1, -0.05) is 0 Å². The zero-order valence-corrected chi connectivity index (χ0v) is 9.99. The topological polar surface area (TPSA) is 73.9 Å². The van der Waals surface area contributed by atoms with Crippen molar-refractivity contribution in [3.05, 3.63) is 17.4 Å². The number of aliphatic hydroxyl groups excluding tert-OH is 1. The van der Waals surface area contributed by atoms with Crippen molar-refractivity contribution >= 4 is 0 Å². The highest BCUT2D eigenvalue weighted by atomic mass is 19.1. The van der Waals surface area contributed by atoms with Crippen molar-refractivity contribution in [2.45, 2.75) is 6.10 Å². The van der Waals surface area contributed by atoms with E-state index in [0.717, 1.165) is 0 Å². The Hall–Kier alpha value is -1.53. The summed E-state index contributed by atoms with van der Waals surface area (Å²) in [5.41, 5.74) is 5.57. The number of aliphatic hydroxyl groups is 1. The summed E-state index contributed by atoms with van der Waals surface area (Å²) >= 11 is 0. The van der Waals surface area contributed by atoms with Crippen molar-refractivity contribution < 1.29 is 23.7 Å². The first kappa shape index (κ1) is 13.5. The van der Waals surface area contributed by atoms with E-state index in [1.165, 1.54) is 27.4 Å². The van der Waals surface area contributed by atoms with E-state index in [9.17, 15) is 9.50 Å². The van der Waals surface area contributed by atoms with E-state index in [1.54, 1.807) is 0 Å². The minimum atomic E-state index is -1.03.